The van der Waals surface area contributed by atoms with Gasteiger partial charge in [-0.25, -0.2) is 0 Å². The lowest BCUT2D eigenvalue weighted by molar-refractivity contribution is -0.0502. The molecule has 0 saturated carbocycles. The Kier molecular flexibility index (Phi) is 4.67. The summed E-state index contributed by atoms with van der Waals surface area (Å²) < 4.78 is 29.1. The highest BCUT2D eigenvalue weighted by atomic mass is 79.9. The smallest absolute Gasteiger partial charge is 0.387 e. The Hall–Kier alpha value is -1.17. The van der Waals surface area contributed by atoms with Crippen LogP contribution in [0.2, 0.25) is 0 Å². The summed E-state index contributed by atoms with van der Waals surface area (Å²) in [5, 5.41) is 2.52. The maximum atomic E-state index is 12.1. The van der Waals surface area contributed by atoms with E-state index in [9.17, 15) is 13.6 Å². The number of ether oxygens (including phenoxy) is 1. The lowest BCUT2D eigenvalue weighted by atomic mass is 10.2. The van der Waals surface area contributed by atoms with Crippen LogP contribution >= 0.6 is 15.9 Å². The molecule has 0 fully saturated rings. The normalized spacial score (nSPS) is 10.3. The Morgan fingerprint density at radius 2 is 2.25 bits per heavy atom. The van der Waals surface area contributed by atoms with E-state index in [0.717, 1.165) is 0 Å². The maximum Gasteiger partial charge on any atom is 0.387 e. The number of halogens is 3. The van der Waals surface area contributed by atoms with Gasteiger partial charge in [0.25, 0.3) is 5.91 Å². The molecule has 0 aliphatic heterocycles. The molecular weight excluding hydrogens is 284 g/mol. The van der Waals surface area contributed by atoms with Crippen molar-refractivity contribution in [2.45, 2.75) is 13.5 Å². The molecule has 0 bridgehead atoms. The molecule has 0 aromatic heterocycles. The standard InChI is InChI=1S/C10H10BrF2NO2/c1-2-14-9(15)7-4-3-6(11)5-8(7)16-10(12)13/h3-5,10H,2H2,1H3,(H,14,15). The van der Waals surface area contributed by atoms with Crippen molar-refractivity contribution in [3.05, 3.63) is 28.2 Å². The summed E-state index contributed by atoms with van der Waals surface area (Å²) in [4.78, 5) is 11.5. The number of hydrogen-bond acceptors (Lipinski definition) is 2. The van der Waals surface area contributed by atoms with E-state index < -0.39 is 12.5 Å². The van der Waals surface area contributed by atoms with E-state index in [1.165, 1.54) is 12.1 Å². The number of carbonyl (C=O) groups is 1. The number of nitrogens with one attached hydrogen (secondary N) is 1. The summed E-state index contributed by atoms with van der Waals surface area (Å²) in [7, 11) is 0. The second kappa shape index (κ2) is 5.79. The van der Waals surface area contributed by atoms with E-state index in [1.807, 2.05) is 0 Å². The first-order valence-electron chi connectivity index (χ1n) is 4.57. The zero-order valence-electron chi connectivity index (χ0n) is 8.47. The van der Waals surface area contributed by atoms with Crippen LogP contribution in [0.4, 0.5) is 8.78 Å². The first-order valence-corrected chi connectivity index (χ1v) is 5.36. The molecule has 0 spiro atoms. The average Bonchev–Trinajstić information content (AvgIpc) is 2.16. The van der Waals surface area contributed by atoms with Crippen LogP contribution in [0.5, 0.6) is 5.75 Å². The molecule has 0 aliphatic carbocycles. The van der Waals surface area contributed by atoms with Crippen molar-refractivity contribution in [2.24, 2.45) is 0 Å². The minimum atomic E-state index is -2.96. The largest absolute Gasteiger partial charge is 0.434 e. The zero-order valence-corrected chi connectivity index (χ0v) is 10.1. The van der Waals surface area contributed by atoms with Crippen LogP contribution in [0.25, 0.3) is 0 Å². The third-order valence-electron chi connectivity index (χ3n) is 1.74. The minimum absolute atomic E-state index is 0.0883. The van der Waals surface area contributed by atoms with Gasteiger partial charge in [-0.3, -0.25) is 4.79 Å². The molecule has 0 aliphatic rings. The highest BCUT2D eigenvalue weighted by Crippen LogP contribution is 2.25. The van der Waals surface area contributed by atoms with Gasteiger partial charge in [-0.2, -0.15) is 8.78 Å². The number of benzene rings is 1. The topological polar surface area (TPSA) is 38.3 Å². The number of hydrogen-bond donors (Lipinski definition) is 1. The number of rotatable bonds is 4. The van der Waals surface area contributed by atoms with Gasteiger partial charge in [-0.1, -0.05) is 15.9 Å². The van der Waals surface area contributed by atoms with E-state index in [-0.39, 0.29) is 11.3 Å². The lowest BCUT2D eigenvalue weighted by Crippen LogP contribution is -2.23. The highest BCUT2D eigenvalue weighted by Gasteiger charge is 2.15. The molecule has 0 unspecified atom stereocenters. The van der Waals surface area contributed by atoms with Crippen LogP contribution in [-0.4, -0.2) is 19.1 Å². The molecule has 1 amide bonds. The van der Waals surface area contributed by atoms with Gasteiger partial charge in [0.05, 0.1) is 5.56 Å². The number of carbonyl (C=O) groups excluding carboxylic acids is 1. The van der Waals surface area contributed by atoms with E-state index in [4.69, 9.17) is 0 Å². The third-order valence-corrected chi connectivity index (χ3v) is 2.23. The summed E-state index contributed by atoms with van der Waals surface area (Å²) >= 11 is 3.12. The van der Waals surface area contributed by atoms with Crippen molar-refractivity contribution in [3.63, 3.8) is 0 Å². The van der Waals surface area contributed by atoms with Gasteiger partial charge in [0, 0.05) is 11.0 Å². The molecule has 16 heavy (non-hydrogen) atoms. The Balaban J connectivity index is 3.02. The summed E-state index contributed by atoms with van der Waals surface area (Å²) in [5.41, 5.74) is 0.0883. The molecule has 1 N–H and O–H groups in total. The molecule has 0 saturated heterocycles. The van der Waals surface area contributed by atoms with Crippen LogP contribution in [0.3, 0.4) is 0 Å². The number of amides is 1. The van der Waals surface area contributed by atoms with Gasteiger partial charge in [0.1, 0.15) is 5.75 Å². The van der Waals surface area contributed by atoms with Gasteiger partial charge in [-0.05, 0) is 25.1 Å². The van der Waals surface area contributed by atoms with Crippen molar-refractivity contribution in [3.8, 4) is 5.75 Å². The zero-order chi connectivity index (χ0) is 12.1. The Morgan fingerprint density at radius 3 is 2.81 bits per heavy atom. The van der Waals surface area contributed by atoms with Gasteiger partial charge in [-0.15, -0.1) is 0 Å². The molecule has 3 nitrogen and oxygen atoms in total. The number of alkyl halides is 2. The molecule has 88 valence electrons. The van der Waals surface area contributed by atoms with Crippen molar-refractivity contribution in [1.82, 2.24) is 5.32 Å². The third kappa shape index (κ3) is 3.44. The molecule has 0 atom stereocenters. The average molecular weight is 294 g/mol. The van der Waals surface area contributed by atoms with E-state index in [1.54, 1.807) is 13.0 Å². The summed E-state index contributed by atoms with van der Waals surface area (Å²) in [6.45, 7) is -0.796. The van der Waals surface area contributed by atoms with Crippen LogP contribution in [0.15, 0.2) is 22.7 Å². The first-order chi connectivity index (χ1) is 7.54. The Bertz CT molecular complexity index is 385. The molecular formula is C10H10BrF2NO2. The first kappa shape index (κ1) is 12.9. The van der Waals surface area contributed by atoms with E-state index in [0.29, 0.717) is 11.0 Å². The van der Waals surface area contributed by atoms with Crippen LogP contribution < -0.4 is 10.1 Å². The van der Waals surface area contributed by atoms with Crippen molar-refractivity contribution in [1.29, 1.82) is 0 Å². The molecule has 1 aromatic rings. The Morgan fingerprint density at radius 1 is 1.56 bits per heavy atom. The van der Waals surface area contributed by atoms with E-state index in [2.05, 4.69) is 26.0 Å². The molecule has 0 heterocycles. The SMILES string of the molecule is CCNC(=O)c1ccc(Br)cc1OC(F)F. The predicted molar refractivity (Wildman–Crippen MR) is 58.8 cm³/mol. The summed E-state index contributed by atoms with van der Waals surface area (Å²) in [6.07, 6.45) is 0. The molecule has 6 heteroatoms. The van der Waals surface area contributed by atoms with Crippen LogP contribution in [0, 0.1) is 0 Å². The second-order valence-corrected chi connectivity index (χ2v) is 3.79. The second-order valence-electron chi connectivity index (χ2n) is 2.88. The van der Waals surface area contributed by atoms with Gasteiger partial charge in [0.15, 0.2) is 0 Å². The fraction of sp³-hybridized carbons (Fsp3) is 0.300. The van der Waals surface area contributed by atoms with Gasteiger partial charge < -0.3 is 10.1 Å². The van der Waals surface area contributed by atoms with Crippen molar-refractivity contribution in [2.75, 3.05) is 6.54 Å². The maximum absolute atomic E-state index is 12.1. The van der Waals surface area contributed by atoms with E-state index >= 15 is 0 Å². The van der Waals surface area contributed by atoms with Crippen molar-refractivity contribution >= 4 is 21.8 Å². The predicted octanol–water partition coefficient (Wildman–Crippen LogP) is 2.80. The van der Waals surface area contributed by atoms with Crippen molar-refractivity contribution < 1.29 is 18.3 Å². The fourth-order valence-electron chi connectivity index (χ4n) is 1.13. The molecule has 1 rings (SSSR count). The molecule has 1 aromatic carbocycles. The summed E-state index contributed by atoms with van der Waals surface area (Å²) in [6, 6.07) is 4.34. The monoisotopic (exact) mass is 293 g/mol. The summed E-state index contributed by atoms with van der Waals surface area (Å²) in [5.74, 6) is -0.582. The lowest BCUT2D eigenvalue weighted by Gasteiger charge is -2.10. The fourth-order valence-corrected chi connectivity index (χ4v) is 1.47. The van der Waals surface area contributed by atoms with Crippen LogP contribution in [-0.2, 0) is 0 Å². The molecule has 0 radical (unpaired) electrons. The minimum Gasteiger partial charge on any atom is -0.434 e. The Labute approximate surface area is 99.9 Å². The van der Waals surface area contributed by atoms with Gasteiger partial charge >= 0.3 is 6.61 Å². The highest BCUT2D eigenvalue weighted by molar-refractivity contribution is 9.10. The quantitative estimate of drug-likeness (QED) is 0.927. The van der Waals surface area contributed by atoms with Crippen LogP contribution in [0.1, 0.15) is 17.3 Å². The van der Waals surface area contributed by atoms with Gasteiger partial charge in [0.2, 0.25) is 0 Å².